The second-order valence-electron chi connectivity index (χ2n) is 7.19. The first-order chi connectivity index (χ1) is 16.1. The molecular weight excluding hydrogens is 549 g/mol. The van der Waals surface area contributed by atoms with Gasteiger partial charge in [-0.1, -0.05) is 30.3 Å². The Balaban J connectivity index is 0.00000324. The number of pyridine rings is 1. The highest BCUT2D eigenvalue weighted by molar-refractivity contribution is 14.0. The predicted octanol–water partition coefficient (Wildman–Crippen LogP) is 3.70. The summed E-state index contributed by atoms with van der Waals surface area (Å²) in [4.78, 5) is 15.1. The molecule has 2 N–H and O–H groups in total. The fourth-order valence-electron chi connectivity index (χ4n) is 3.17. The molecule has 176 valence electrons. The van der Waals surface area contributed by atoms with Crippen molar-refractivity contribution in [1.82, 2.24) is 25.2 Å². The van der Waals surface area contributed by atoms with Crippen molar-refractivity contribution >= 4 is 41.3 Å². The molecule has 0 aliphatic carbocycles. The third-order valence-corrected chi connectivity index (χ3v) is 4.98. The lowest BCUT2D eigenvalue weighted by atomic mass is 10.2. The molecule has 0 aliphatic heterocycles. The Morgan fingerprint density at radius 3 is 2.41 bits per heavy atom. The molecule has 0 bridgehead atoms. The average Bonchev–Trinajstić information content (AvgIpc) is 3.27. The van der Waals surface area contributed by atoms with Crippen molar-refractivity contribution in [3.63, 3.8) is 0 Å². The van der Waals surface area contributed by atoms with E-state index in [9.17, 15) is 10.1 Å². The molecule has 0 radical (unpaired) electrons. The molecular formula is C23H24IN7O3. The van der Waals surface area contributed by atoms with Crippen LogP contribution in [0, 0.1) is 10.1 Å². The zero-order valence-electron chi connectivity index (χ0n) is 18.4. The van der Waals surface area contributed by atoms with Crippen LogP contribution in [0.2, 0.25) is 0 Å². The van der Waals surface area contributed by atoms with Gasteiger partial charge in [0.25, 0.3) is 5.69 Å². The van der Waals surface area contributed by atoms with Crippen LogP contribution in [0.15, 0.2) is 77.9 Å². The summed E-state index contributed by atoms with van der Waals surface area (Å²) in [5.74, 6) is 2.12. The van der Waals surface area contributed by atoms with Crippen molar-refractivity contribution < 1.29 is 9.66 Å². The molecule has 0 fully saturated rings. The number of nitro groups is 1. The Kier molecular flexibility index (Phi) is 8.73. The van der Waals surface area contributed by atoms with Crippen LogP contribution in [0.3, 0.4) is 0 Å². The lowest BCUT2D eigenvalue weighted by Crippen LogP contribution is -2.37. The molecule has 4 aromatic rings. The van der Waals surface area contributed by atoms with E-state index in [2.05, 4.69) is 25.8 Å². The van der Waals surface area contributed by atoms with Crippen molar-refractivity contribution in [1.29, 1.82) is 0 Å². The molecule has 0 atom stereocenters. The molecule has 0 amide bonds. The molecule has 34 heavy (non-hydrogen) atoms. The van der Waals surface area contributed by atoms with E-state index in [1.165, 1.54) is 12.1 Å². The van der Waals surface area contributed by atoms with Gasteiger partial charge in [0.05, 0.1) is 25.1 Å². The monoisotopic (exact) mass is 573 g/mol. The van der Waals surface area contributed by atoms with Crippen LogP contribution >= 0.6 is 24.0 Å². The largest absolute Gasteiger partial charge is 0.497 e. The number of guanidine groups is 1. The smallest absolute Gasteiger partial charge is 0.269 e. The van der Waals surface area contributed by atoms with E-state index >= 15 is 0 Å². The first kappa shape index (κ1) is 24.9. The summed E-state index contributed by atoms with van der Waals surface area (Å²) in [6.45, 7) is 1.33. The quantitative estimate of drug-likeness (QED) is 0.109. The fourth-order valence-corrected chi connectivity index (χ4v) is 3.17. The minimum absolute atomic E-state index is 0. The first-order valence-corrected chi connectivity index (χ1v) is 10.3. The second-order valence-corrected chi connectivity index (χ2v) is 7.19. The Labute approximate surface area is 213 Å². The van der Waals surface area contributed by atoms with Gasteiger partial charge in [0, 0.05) is 24.9 Å². The van der Waals surface area contributed by atoms with Gasteiger partial charge >= 0.3 is 0 Å². The van der Waals surface area contributed by atoms with Gasteiger partial charge in [0.2, 0.25) is 0 Å². The van der Waals surface area contributed by atoms with Gasteiger partial charge < -0.3 is 15.4 Å². The summed E-state index contributed by atoms with van der Waals surface area (Å²) in [5.41, 5.74) is 2.75. The lowest BCUT2D eigenvalue weighted by molar-refractivity contribution is -0.384. The topological polar surface area (TPSA) is 119 Å². The third-order valence-electron chi connectivity index (χ3n) is 4.98. The van der Waals surface area contributed by atoms with E-state index < -0.39 is 4.92 Å². The molecule has 0 unspecified atom stereocenters. The number of non-ortho nitro benzene ring substituents is 1. The summed E-state index contributed by atoms with van der Waals surface area (Å²) in [7, 11) is 1.63. The van der Waals surface area contributed by atoms with E-state index in [1.54, 1.807) is 19.2 Å². The highest BCUT2D eigenvalue weighted by Gasteiger charge is 2.08. The number of aromatic nitrogens is 3. The molecule has 11 heteroatoms. The number of ether oxygens (including phenoxy) is 1. The van der Waals surface area contributed by atoms with Gasteiger partial charge in [-0.3, -0.25) is 14.5 Å². The highest BCUT2D eigenvalue weighted by atomic mass is 127. The number of nitrogens with one attached hydrogen (secondary N) is 2. The average molecular weight is 573 g/mol. The van der Waals surface area contributed by atoms with Gasteiger partial charge in [-0.2, -0.15) is 0 Å². The van der Waals surface area contributed by atoms with Gasteiger partial charge in [-0.15, -0.1) is 34.2 Å². The van der Waals surface area contributed by atoms with Crippen LogP contribution in [0.5, 0.6) is 5.75 Å². The van der Waals surface area contributed by atoms with E-state index in [0.29, 0.717) is 25.6 Å². The second kappa shape index (κ2) is 11.9. The minimum atomic E-state index is -0.413. The van der Waals surface area contributed by atoms with E-state index in [4.69, 9.17) is 4.74 Å². The first-order valence-electron chi connectivity index (χ1n) is 10.3. The number of halogens is 1. The van der Waals surface area contributed by atoms with Gasteiger partial charge in [-0.05, 0) is 35.4 Å². The number of fused-ring (bicyclic) bond motifs is 1. The highest BCUT2D eigenvalue weighted by Crippen LogP contribution is 2.13. The van der Waals surface area contributed by atoms with Crippen LogP contribution in [0.1, 0.15) is 17.0 Å². The van der Waals surface area contributed by atoms with E-state index in [0.717, 1.165) is 28.3 Å². The Morgan fingerprint density at radius 2 is 1.71 bits per heavy atom. The maximum Gasteiger partial charge on any atom is 0.269 e. The van der Waals surface area contributed by atoms with Gasteiger partial charge in [0.1, 0.15) is 5.75 Å². The predicted molar refractivity (Wildman–Crippen MR) is 139 cm³/mol. The fraction of sp³-hybridized carbons (Fsp3) is 0.174. The zero-order chi connectivity index (χ0) is 23.0. The maximum absolute atomic E-state index is 10.9. The Bertz CT molecular complexity index is 1260. The Hall–Kier alpha value is -3.74. The molecule has 2 aromatic carbocycles. The van der Waals surface area contributed by atoms with Crippen LogP contribution in [-0.2, 0) is 19.6 Å². The summed E-state index contributed by atoms with van der Waals surface area (Å²) >= 11 is 0. The lowest BCUT2D eigenvalue weighted by Gasteiger charge is -2.12. The van der Waals surface area contributed by atoms with E-state index in [1.807, 2.05) is 53.1 Å². The number of nitro benzene ring substituents is 1. The van der Waals surface area contributed by atoms with Gasteiger partial charge in [-0.25, -0.2) is 4.99 Å². The van der Waals surface area contributed by atoms with Crippen molar-refractivity contribution in [2.45, 2.75) is 19.6 Å². The Morgan fingerprint density at radius 1 is 1.00 bits per heavy atom. The van der Waals surface area contributed by atoms with Crippen LogP contribution in [-0.4, -0.2) is 32.6 Å². The SMILES string of the molecule is COc1ccc(CN=C(NCc2ccc([N+](=O)[O-])cc2)NCc2nnc3ccccn23)cc1.I. The molecule has 10 nitrogen and oxygen atoms in total. The number of rotatable bonds is 8. The summed E-state index contributed by atoms with van der Waals surface area (Å²) in [6, 6.07) is 19.8. The number of benzene rings is 2. The zero-order valence-corrected chi connectivity index (χ0v) is 20.7. The molecule has 0 saturated heterocycles. The standard InChI is InChI=1S/C23H23N7O3.HI/c1-33-20-11-7-18(8-12-20)15-25-23(24-14-17-5-9-19(10-6-17)30(31)32)26-16-22-28-27-21-4-2-3-13-29(21)22;/h2-13H,14-16H2,1H3,(H2,24,25,26);1H. The molecule has 2 heterocycles. The summed E-state index contributed by atoms with van der Waals surface area (Å²) < 4.78 is 7.11. The number of hydrogen-bond donors (Lipinski definition) is 2. The number of aliphatic imine (C=N–C) groups is 1. The molecule has 0 aliphatic rings. The third kappa shape index (κ3) is 6.41. The molecule has 0 saturated carbocycles. The minimum Gasteiger partial charge on any atom is -0.497 e. The number of hydrogen-bond acceptors (Lipinski definition) is 6. The molecule has 2 aromatic heterocycles. The summed E-state index contributed by atoms with van der Waals surface area (Å²) in [5, 5.41) is 25.8. The van der Waals surface area contributed by atoms with Crippen LogP contribution in [0.25, 0.3) is 5.65 Å². The maximum atomic E-state index is 10.9. The van der Waals surface area contributed by atoms with E-state index in [-0.39, 0.29) is 29.7 Å². The number of methoxy groups -OCH3 is 1. The molecule has 0 spiro atoms. The van der Waals surface area contributed by atoms with Crippen molar-refractivity contribution in [3.8, 4) is 5.75 Å². The van der Waals surface area contributed by atoms with Crippen LogP contribution in [0.4, 0.5) is 5.69 Å². The number of nitrogens with zero attached hydrogens (tertiary/aromatic N) is 5. The van der Waals surface area contributed by atoms with Gasteiger partial charge in [0.15, 0.2) is 17.4 Å². The summed E-state index contributed by atoms with van der Waals surface area (Å²) in [6.07, 6.45) is 1.91. The normalized spacial score (nSPS) is 11.0. The van der Waals surface area contributed by atoms with Crippen molar-refractivity contribution in [3.05, 3.63) is 100.0 Å². The van der Waals surface area contributed by atoms with Crippen LogP contribution < -0.4 is 15.4 Å². The van der Waals surface area contributed by atoms with Crippen molar-refractivity contribution in [2.24, 2.45) is 4.99 Å². The van der Waals surface area contributed by atoms with Crippen molar-refractivity contribution in [2.75, 3.05) is 7.11 Å². The molecule has 4 rings (SSSR count).